The highest BCUT2D eigenvalue weighted by Crippen LogP contribution is 2.31. The number of hydrogen-bond acceptors (Lipinski definition) is 5. The van der Waals surface area contributed by atoms with Gasteiger partial charge in [-0.15, -0.1) is 0 Å². The quantitative estimate of drug-likeness (QED) is 0.768. The number of carbonyl (C=O) groups excluding carboxylic acids is 1. The first-order chi connectivity index (χ1) is 13.2. The number of rotatable bonds is 5. The summed E-state index contributed by atoms with van der Waals surface area (Å²) in [7, 11) is -4.39. The predicted molar refractivity (Wildman–Crippen MR) is 92.6 cm³/mol. The molecule has 1 amide bonds. The van der Waals surface area contributed by atoms with Crippen LogP contribution in [0.3, 0.4) is 0 Å². The maximum atomic E-state index is 14.4. The van der Waals surface area contributed by atoms with Crippen LogP contribution in [0.15, 0.2) is 41.3 Å². The number of benzene rings is 2. The molecule has 0 spiro atoms. The van der Waals surface area contributed by atoms with Crippen LogP contribution in [0.25, 0.3) is 0 Å². The second-order valence-corrected chi connectivity index (χ2v) is 7.90. The molecule has 3 N–H and O–H groups in total. The summed E-state index contributed by atoms with van der Waals surface area (Å²) in [5, 5.41) is 2.83. The smallest absolute Gasteiger partial charge is 0.244 e. The molecule has 1 heterocycles. The molecule has 7 nitrogen and oxygen atoms in total. The molecule has 0 bridgehead atoms. The van der Waals surface area contributed by atoms with Gasteiger partial charge in [-0.3, -0.25) is 4.79 Å². The molecule has 2 aromatic carbocycles. The van der Waals surface area contributed by atoms with Crippen LogP contribution in [0.5, 0.6) is 11.5 Å². The predicted octanol–water partition coefficient (Wildman–Crippen LogP) is 1.34. The molecule has 0 saturated carbocycles. The molecule has 0 aromatic heterocycles. The molecule has 2 aromatic rings. The van der Waals surface area contributed by atoms with E-state index in [2.05, 4.69) is 5.32 Å². The lowest BCUT2D eigenvalue weighted by molar-refractivity contribution is -0.122. The number of halogens is 3. The van der Waals surface area contributed by atoms with E-state index in [0.717, 1.165) is 28.6 Å². The average molecular weight is 415 g/mol. The highest BCUT2D eigenvalue weighted by atomic mass is 32.2. The highest BCUT2D eigenvalue weighted by Gasteiger charge is 2.37. The van der Waals surface area contributed by atoms with Gasteiger partial charge in [0.2, 0.25) is 15.9 Å². The first-order valence-corrected chi connectivity index (χ1v) is 9.58. The van der Waals surface area contributed by atoms with E-state index in [1.54, 1.807) is 0 Å². The minimum absolute atomic E-state index is 0.00864. The average Bonchev–Trinajstić information content (AvgIpc) is 2.66. The second kappa shape index (κ2) is 7.78. The van der Waals surface area contributed by atoms with Crippen LogP contribution in [0.4, 0.5) is 13.2 Å². The summed E-state index contributed by atoms with van der Waals surface area (Å²) < 4.78 is 73.2. The van der Waals surface area contributed by atoms with E-state index in [1.807, 2.05) is 0 Å². The number of ether oxygens (including phenoxy) is 1. The van der Waals surface area contributed by atoms with Gasteiger partial charge in [0.15, 0.2) is 17.4 Å². The lowest BCUT2D eigenvalue weighted by Crippen LogP contribution is -2.58. The third-order valence-corrected chi connectivity index (χ3v) is 6.02. The Morgan fingerprint density at radius 1 is 1.14 bits per heavy atom. The number of amides is 1. The van der Waals surface area contributed by atoms with Gasteiger partial charge >= 0.3 is 0 Å². The van der Waals surface area contributed by atoms with E-state index in [4.69, 9.17) is 10.5 Å². The van der Waals surface area contributed by atoms with Crippen LogP contribution in [-0.4, -0.2) is 44.3 Å². The highest BCUT2D eigenvalue weighted by molar-refractivity contribution is 7.89. The van der Waals surface area contributed by atoms with Gasteiger partial charge in [-0.25, -0.2) is 21.6 Å². The molecule has 11 heteroatoms. The standard InChI is InChI=1S/C17H16F3N3O4S/c18-10-1-3-11(4-2-10)27-16-13(19)7-12(8-14(16)20)28(25,26)23-6-5-22-9-15(23)17(21)24/h1-4,7-8,15,22H,5-6,9H2,(H2,21,24)/t15-/m1/s1. The molecule has 0 radical (unpaired) electrons. The van der Waals surface area contributed by atoms with Crippen molar-refractivity contribution in [3.05, 3.63) is 53.8 Å². The number of sulfonamides is 1. The molecule has 1 aliphatic rings. The Bertz CT molecular complexity index is 976. The Morgan fingerprint density at radius 3 is 2.32 bits per heavy atom. The Balaban J connectivity index is 1.94. The Hall–Kier alpha value is -2.63. The lowest BCUT2D eigenvalue weighted by Gasteiger charge is -2.33. The van der Waals surface area contributed by atoms with Crippen LogP contribution < -0.4 is 15.8 Å². The number of hydrogen-bond donors (Lipinski definition) is 2. The monoisotopic (exact) mass is 415 g/mol. The van der Waals surface area contributed by atoms with E-state index < -0.39 is 50.1 Å². The Kier molecular flexibility index (Phi) is 5.59. The van der Waals surface area contributed by atoms with Crippen molar-refractivity contribution < 1.29 is 31.1 Å². The molecule has 0 unspecified atom stereocenters. The summed E-state index contributed by atoms with van der Waals surface area (Å²) in [6.07, 6.45) is 0. The largest absolute Gasteiger partial charge is 0.451 e. The topological polar surface area (TPSA) is 102 Å². The Labute approximate surface area is 158 Å². The fourth-order valence-electron chi connectivity index (χ4n) is 2.75. The van der Waals surface area contributed by atoms with Gasteiger partial charge in [-0.05, 0) is 36.4 Å². The van der Waals surface area contributed by atoms with Crippen LogP contribution >= 0.6 is 0 Å². The van der Waals surface area contributed by atoms with E-state index >= 15 is 0 Å². The number of nitrogens with one attached hydrogen (secondary N) is 1. The van der Waals surface area contributed by atoms with Crippen molar-refractivity contribution in [1.82, 2.24) is 9.62 Å². The molecule has 1 atom stereocenters. The van der Waals surface area contributed by atoms with E-state index in [0.29, 0.717) is 12.1 Å². The van der Waals surface area contributed by atoms with Crippen molar-refractivity contribution in [2.75, 3.05) is 19.6 Å². The van der Waals surface area contributed by atoms with Crippen LogP contribution in [-0.2, 0) is 14.8 Å². The summed E-state index contributed by atoms with van der Waals surface area (Å²) in [4.78, 5) is 10.9. The van der Waals surface area contributed by atoms with Crippen molar-refractivity contribution in [1.29, 1.82) is 0 Å². The maximum Gasteiger partial charge on any atom is 0.244 e. The zero-order chi connectivity index (χ0) is 20.5. The lowest BCUT2D eigenvalue weighted by atomic mass is 10.2. The number of nitrogens with zero attached hydrogens (tertiary/aromatic N) is 1. The van der Waals surface area contributed by atoms with Crippen LogP contribution in [0, 0.1) is 17.5 Å². The van der Waals surface area contributed by atoms with Crippen molar-refractivity contribution in [3.63, 3.8) is 0 Å². The first kappa shape index (κ1) is 20.1. The summed E-state index contributed by atoms with van der Waals surface area (Å²) >= 11 is 0. The fraction of sp³-hybridized carbons (Fsp3) is 0.235. The number of nitrogens with two attached hydrogens (primary N) is 1. The first-order valence-electron chi connectivity index (χ1n) is 8.14. The third kappa shape index (κ3) is 3.96. The fourth-order valence-corrected chi connectivity index (χ4v) is 4.38. The van der Waals surface area contributed by atoms with Gasteiger partial charge in [-0.1, -0.05) is 0 Å². The van der Waals surface area contributed by atoms with E-state index in [-0.39, 0.29) is 25.4 Å². The third-order valence-electron chi connectivity index (χ3n) is 4.13. The zero-order valence-electron chi connectivity index (χ0n) is 14.4. The normalized spacial score (nSPS) is 18.0. The van der Waals surface area contributed by atoms with Gasteiger partial charge in [0.25, 0.3) is 0 Å². The number of piperazine rings is 1. The molecule has 0 aliphatic carbocycles. The summed E-state index contributed by atoms with van der Waals surface area (Å²) in [5.41, 5.74) is 5.23. The van der Waals surface area contributed by atoms with E-state index in [9.17, 15) is 26.4 Å². The zero-order valence-corrected chi connectivity index (χ0v) is 15.2. The van der Waals surface area contributed by atoms with Crippen molar-refractivity contribution in [2.24, 2.45) is 5.73 Å². The number of primary amides is 1. The second-order valence-electron chi connectivity index (χ2n) is 6.01. The van der Waals surface area contributed by atoms with Gasteiger partial charge in [-0.2, -0.15) is 4.31 Å². The van der Waals surface area contributed by atoms with Crippen molar-refractivity contribution in [2.45, 2.75) is 10.9 Å². The van der Waals surface area contributed by atoms with Crippen LogP contribution in [0.1, 0.15) is 0 Å². The summed E-state index contributed by atoms with van der Waals surface area (Å²) in [6, 6.07) is 4.42. The molecular weight excluding hydrogens is 399 g/mol. The molecule has 1 saturated heterocycles. The van der Waals surface area contributed by atoms with Crippen molar-refractivity contribution in [3.8, 4) is 11.5 Å². The molecular formula is C17H16F3N3O4S. The summed E-state index contributed by atoms with van der Waals surface area (Å²) in [5.74, 6) is -4.85. The Morgan fingerprint density at radius 2 is 1.75 bits per heavy atom. The summed E-state index contributed by atoms with van der Waals surface area (Å²) in [6.45, 7) is 0.151. The van der Waals surface area contributed by atoms with E-state index in [1.165, 1.54) is 0 Å². The minimum Gasteiger partial charge on any atom is -0.451 e. The van der Waals surface area contributed by atoms with Crippen molar-refractivity contribution >= 4 is 15.9 Å². The maximum absolute atomic E-state index is 14.4. The molecule has 28 heavy (non-hydrogen) atoms. The van der Waals surface area contributed by atoms with Gasteiger partial charge < -0.3 is 15.8 Å². The van der Waals surface area contributed by atoms with Gasteiger partial charge in [0, 0.05) is 19.6 Å². The molecule has 1 aliphatic heterocycles. The number of carbonyl (C=O) groups is 1. The van der Waals surface area contributed by atoms with Gasteiger partial charge in [0.05, 0.1) is 4.90 Å². The van der Waals surface area contributed by atoms with Gasteiger partial charge in [0.1, 0.15) is 17.6 Å². The molecule has 1 fully saturated rings. The molecule has 150 valence electrons. The minimum atomic E-state index is -4.39. The van der Waals surface area contributed by atoms with Crippen LogP contribution in [0.2, 0.25) is 0 Å². The SMILES string of the molecule is NC(=O)[C@H]1CNCCN1S(=O)(=O)c1cc(F)c(Oc2ccc(F)cc2)c(F)c1. The molecule has 3 rings (SSSR count).